The lowest BCUT2D eigenvalue weighted by atomic mass is 10.1. The second-order valence-corrected chi connectivity index (χ2v) is 6.79. The minimum Gasteiger partial charge on any atom is -0.353 e. The highest BCUT2D eigenvalue weighted by molar-refractivity contribution is 5.88. The summed E-state index contributed by atoms with van der Waals surface area (Å²) < 4.78 is 15.2. The van der Waals surface area contributed by atoms with E-state index in [1.165, 1.54) is 12.1 Å². The number of carbonyl (C=O) groups excluding carboxylic acids is 2. The van der Waals surface area contributed by atoms with Gasteiger partial charge in [0.15, 0.2) is 0 Å². The molecule has 2 N–H and O–H groups in total. The summed E-state index contributed by atoms with van der Waals surface area (Å²) in [6.45, 7) is 3.80. The number of carbonyl (C=O) groups is 2. The molecule has 1 unspecified atom stereocenters. The summed E-state index contributed by atoms with van der Waals surface area (Å²) in [5, 5.41) is 9.92. The van der Waals surface area contributed by atoms with Crippen LogP contribution in [0, 0.1) is 12.7 Å². The number of halogens is 1. The van der Waals surface area contributed by atoms with E-state index in [0.717, 1.165) is 17.0 Å². The number of rotatable bonds is 6. The number of piperazine rings is 1. The van der Waals surface area contributed by atoms with E-state index in [0.29, 0.717) is 26.2 Å². The second kappa shape index (κ2) is 8.30. The molecule has 8 heteroatoms. The van der Waals surface area contributed by atoms with Crippen molar-refractivity contribution in [2.45, 2.75) is 32.5 Å². The molecule has 3 rings (SSSR count). The first kappa shape index (κ1) is 19.0. The Balaban J connectivity index is 1.60. The molecule has 1 aromatic heterocycles. The van der Waals surface area contributed by atoms with Crippen LogP contribution < -0.4 is 10.6 Å². The molecule has 0 radical (unpaired) electrons. The van der Waals surface area contributed by atoms with E-state index >= 15 is 0 Å². The monoisotopic (exact) mass is 373 g/mol. The normalized spacial score (nSPS) is 17.6. The average Bonchev–Trinajstić information content (AvgIpc) is 2.94. The zero-order chi connectivity index (χ0) is 19.4. The van der Waals surface area contributed by atoms with E-state index in [2.05, 4.69) is 15.7 Å². The molecule has 0 aliphatic carbocycles. The molecule has 1 saturated heterocycles. The predicted molar refractivity (Wildman–Crippen MR) is 98.0 cm³/mol. The molecule has 0 saturated carbocycles. The third-order valence-corrected chi connectivity index (χ3v) is 4.73. The summed E-state index contributed by atoms with van der Waals surface area (Å²) in [4.78, 5) is 26.6. The lowest BCUT2D eigenvalue weighted by Gasteiger charge is -2.34. The van der Waals surface area contributed by atoms with Gasteiger partial charge in [-0.1, -0.05) is 12.1 Å². The number of benzene rings is 1. The molecule has 7 nitrogen and oxygen atoms in total. The minimum atomic E-state index is -0.576. The van der Waals surface area contributed by atoms with E-state index in [4.69, 9.17) is 0 Å². The van der Waals surface area contributed by atoms with Gasteiger partial charge in [-0.3, -0.25) is 19.2 Å². The third kappa shape index (κ3) is 4.91. The Hall–Kier alpha value is -2.74. The van der Waals surface area contributed by atoms with Crippen LogP contribution >= 0.6 is 0 Å². The van der Waals surface area contributed by atoms with Gasteiger partial charge in [0, 0.05) is 32.4 Å². The van der Waals surface area contributed by atoms with Gasteiger partial charge >= 0.3 is 0 Å². The van der Waals surface area contributed by atoms with Crippen molar-refractivity contribution >= 4 is 11.8 Å². The average molecular weight is 373 g/mol. The molecule has 27 heavy (non-hydrogen) atoms. The van der Waals surface area contributed by atoms with Gasteiger partial charge in [0.05, 0.1) is 24.7 Å². The van der Waals surface area contributed by atoms with E-state index < -0.39 is 6.04 Å². The number of hydrogen-bond donors (Lipinski definition) is 2. The zero-order valence-corrected chi connectivity index (χ0v) is 15.5. The quantitative estimate of drug-likeness (QED) is 0.788. The van der Waals surface area contributed by atoms with Crippen molar-refractivity contribution in [3.8, 4) is 0 Å². The van der Waals surface area contributed by atoms with E-state index in [9.17, 15) is 14.0 Å². The molecule has 2 aromatic rings. The van der Waals surface area contributed by atoms with Crippen LogP contribution in [-0.4, -0.2) is 45.6 Å². The van der Waals surface area contributed by atoms with Gasteiger partial charge in [-0.25, -0.2) is 4.39 Å². The number of amides is 2. The number of aromatic nitrogens is 2. The summed E-state index contributed by atoms with van der Waals surface area (Å²) in [6.07, 6.45) is 0.0486. The second-order valence-electron chi connectivity index (χ2n) is 6.79. The maximum absolute atomic E-state index is 13.4. The largest absolute Gasteiger partial charge is 0.353 e. The Labute approximate surface area is 157 Å². The highest BCUT2D eigenvalue weighted by Gasteiger charge is 2.31. The summed E-state index contributed by atoms with van der Waals surface area (Å²) >= 11 is 0. The van der Waals surface area contributed by atoms with Crippen LogP contribution in [0.15, 0.2) is 30.3 Å². The first-order valence-electron chi connectivity index (χ1n) is 8.95. The molecular weight excluding hydrogens is 349 g/mol. The Bertz CT molecular complexity index is 816. The fourth-order valence-electron chi connectivity index (χ4n) is 3.20. The smallest absolute Gasteiger partial charge is 0.237 e. The van der Waals surface area contributed by atoms with E-state index in [-0.39, 0.29) is 24.1 Å². The summed E-state index contributed by atoms with van der Waals surface area (Å²) in [6, 6.07) is 7.63. The van der Waals surface area contributed by atoms with Crippen molar-refractivity contribution in [2.75, 3.05) is 13.1 Å². The molecule has 0 bridgehead atoms. The first-order chi connectivity index (χ1) is 12.9. The predicted octanol–water partition coefficient (Wildman–Crippen LogP) is 0.875. The number of hydrogen-bond acceptors (Lipinski definition) is 4. The fourth-order valence-corrected chi connectivity index (χ4v) is 3.20. The highest BCUT2D eigenvalue weighted by atomic mass is 19.1. The molecule has 2 heterocycles. The number of nitrogens with one attached hydrogen (secondary N) is 2. The van der Waals surface area contributed by atoms with Crippen LogP contribution in [0.2, 0.25) is 0 Å². The van der Waals surface area contributed by atoms with Crippen molar-refractivity contribution < 1.29 is 14.0 Å². The molecule has 0 spiro atoms. The molecular formula is C19H24FN5O2. The molecule has 1 atom stereocenters. The van der Waals surface area contributed by atoms with Gasteiger partial charge in [0.2, 0.25) is 11.8 Å². The molecule has 1 aliphatic heterocycles. The molecule has 144 valence electrons. The maximum atomic E-state index is 13.4. The lowest BCUT2D eigenvalue weighted by Crippen LogP contribution is -2.56. The van der Waals surface area contributed by atoms with Gasteiger partial charge in [0.1, 0.15) is 5.82 Å². The van der Waals surface area contributed by atoms with Crippen molar-refractivity contribution in [3.05, 3.63) is 53.1 Å². The minimum absolute atomic E-state index is 0.0486. The molecule has 1 aromatic carbocycles. The SMILES string of the molecule is Cc1cc(CNC(=O)CC2C(=O)NCCN2Cc2cccc(F)c2)nn1C. The first-order valence-corrected chi connectivity index (χ1v) is 8.95. The third-order valence-electron chi connectivity index (χ3n) is 4.73. The van der Waals surface area contributed by atoms with Gasteiger partial charge in [0.25, 0.3) is 0 Å². The topological polar surface area (TPSA) is 79.3 Å². The van der Waals surface area contributed by atoms with Crippen molar-refractivity contribution in [3.63, 3.8) is 0 Å². The summed E-state index contributed by atoms with van der Waals surface area (Å²) in [5.41, 5.74) is 2.55. The summed E-state index contributed by atoms with van der Waals surface area (Å²) in [7, 11) is 1.84. The number of aryl methyl sites for hydroxylation is 2. The summed E-state index contributed by atoms with van der Waals surface area (Å²) in [5.74, 6) is -0.708. The van der Waals surface area contributed by atoms with Gasteiger partial charge < -0.3 is 10.6 Å². The van der Waals surface area contributed by atoms with Crippen LogP contribution in [0.3, 0.4) is 0 Å². The Kier molecular flexibility index (Phi) is 5.85. The van der Waals surface area contributed by atoms with E-state index in [1.54, 1.807) is 10.7 Å². The van der Waals surface area contributed by atoms with Gasteiger partial charge in [-0.15, -0.1) is 0 Å². The van der Waals surface area contributed by atoms with Gasteiger partial charge in [-0.05, 0) is 30.7 Å². The van der Waals surface area contributed by atoms with Crippen molar-refractivity contribution in [1.29, 1.82) is 0 Å². The van der Waals surface area contributed by atoms with Crippen molar-refractivity contribution in [1.82, 2.24) is 25.3 Å². The Morgan fingerprint density at radius 2 is 2.22 bits per heavy atom. The molecule has 2 amide bonds. The number of nitrogens with zero attached hydrogens (tertiary/aromatic N) is 3. The Morgan fingerprint density at radius 1 is 1.41 bits per heavy atom. The lowest BCUT2D eigenvalue weighted by molar-refractivity contribution is -0.134. The maximum Gasteiger partial charge on any atom is 0.237 e. The van der Waals surface area contributed by atoms with Gasteiger partial charge in [-0.2, -0.15) is 5.10 Å². The van der Waals surface area contributed by atoms with Crippen LogP contribution in [0.1, 0.15) is 23.4 Å². The van der Waals surface area contributed by atoms with E-state index in [1.807, 2.05) is 31.0 Å². The molecule has 1 aliphatic rings. The highest BCUT2D eigenvalue weighted by Crippen LogP contribution is 2.15. The standard InChI is InChI=1S/C19H24FN5O2/c1-13-8-16(23-24(13)2)11-22-18(26)10-17-19(27)21-6-7-25(17)12-14-4-3-5-15(20)9-14/h3-5,8-9,17H,6-7,10-12H2,1-2H3,(H,21,27)(H,22,26). The van der Waals surface area contributed by atoms with Crippen LogP contribution in [-0.2, 0) is 29.7 Å². The van der Waals surface area contributed by atoms with Crippen LogP contribution in [0.25, 0.3) is 0 Å². The van der Waals surface area contributed by atoms with Crippen LogP contribution in [0.4, 0.5) is 4.39 Å². The van der Waals surface area contributed by atoms with Crippen molar-refractivity contribution in [2.24, 2.45) is 7.05 Å². The van der Waals surface area contributed by atoms with Crippen LogP contribution in [0.5, 0.6) is 0 Å². The zero-order valence-electron chi connectivity index (χ0n) is 15.5. The molecule has 1 fully saturated rings. The fraction of sp³-hybridized carbons (Fsp3) is 0.421. The Morgan fingerprint density at radius 3 is 2.93 bits per heavy atom.